The van der Waals surface area contributed by atoms with Gasteiger partial charge >= 0.3 is 11.9 Å². The highest BCUT2D eigenvalue weighted by Gasteiger charge is 2.55. The Bertz CT molecular complexity index is 1000. The van der Waals surface area contributed by atoms with Crippen molar-refractivity contribution in [2.75, 3.05) is 26.3 Å². The second kappa shape index (κ2) is 10.0. The second-order valence-corrected chi connectivity index (χ2v) is 9.09. The number of aliphatic carboxylic acids is 2. The van der Waals surface area contributed by atoms with Crippen LogP contribution in [0.1, 0.15) is 43.0 Å². The van der Waals surface area contributed by atoms with E-state index in [1.54, 1.807) is 0 Å². The van der Waals surface area contributed by atoms with Gasteiger partial charge in [-0.2, -0.15) is 5.10 Å². The van der Waals surface area contributed by atoms with Gasteiger partial charge in [0.1, 0.15) is 5.52 Å². The maximum atomic E-state index is 12.8. The molecule has 9 heteroatoms. The number of carbonyl (C=O) groups is 3. The molecule has 9 nitrogen and oxygen atoms in total. The van der Waals surface area contributed by atoms with Gasteiger partial charge in [0, 0.05) is 62.5 Å². The van der Waals surface area contributed by atoms with Gasteiger partial charge in [0.2, 0.25) is 0 Å². The zero-order chi connectivity index (χ0) is 23.5. The van der Waals surface area contributed by atoms with Crippen molar-refractivity contribution < 1.29 is 29.3 Å². The van der Waals surface area contributed by atoms with Crippen LogP contribution in [0.4, 0.5) is 0 Å². The van der Waals surface area contributed by atoms with Gasteiger partial charge in [-0.3, -0.25) is 14.4 Å². The van der Waals surface area contributed by atoms with E-state index >= 15 is 0 Å². The molecule has 2 atom stereocenters. The molecule has 1 aliphatic carbocycles. The van der Waals surface area contributed by atoms with Crippen LogP contribution in [0.15, 0.2) is 24.4 Å². The molecular weight excluding hydrogens is 426 g/mol. The van der Waals surface area contributed by atoms with E-state index in [1.807, 2.05) is 29.1 Å². The van der Waals surface area contributed by atoms with Crippen LogP contribution in [0.2, 0.25) is 0 Å². The lowest BCUT2D eigenvalue weighted by atomic mass is 10.0. The Morgan fingerprint density at radius 3 is 2.36 bits per heavy atom. The SMILES string of the molecule is CCn1cc2cccc(C(=O)CCC3C4CN(C5CCOCC5)CC34)c2n1.O=C(O)C(=O)O. The van der Waals surface area contributed by atoms with Crippen LogP contribution in [0.25, 0.3) is 10.9 Å². The molecule has 2 aliphatic heterocycles. The fourth-order valence-corrected chi connectivity index (χ4v) is 5.37. The number of aromatic nitrogens is 2. The maximum Gasteiger partial charge on any atom is 0.414 e. The van der Waals surface area contributed by atoms with Crippen molar-refractivity contribution in [3.8, 4) is 0 Å². The van der Waals surface area contributed by atoms with Gasteiger partial charge < -0.3 is 14.9 Å². The summed E-state index contributed by atoms with van der Waals surface area (Å²) in [5, 5.41) is 20.4. The first kappa shape index (κ1) is 23.4. The molecule has 2 unspecified atom stereocenters. The molecule has 0 radical (unpaired) electrons. The van der Waals surface area contributed by atoms with Crippen LogP contribution < -0.4 is 0 Å². The standard InChI is InChI=1S/C22H29N3O2.C2H2O4/c1-2-25-12-15-4-3-5-18(22(15)23-25)21(26)7-6-17-19-13-24(14-20(17)19)16-8-10-27-11-9-16;3-1(4)2(5)6/h3-5,12,16-17,19-20H,2,6-11,13-14H2,1H3;(H,3,4)(H,5,6). The number of rotatable bonds is 6. The molecule has 2 N–H and O–H groups in total. The van der Waals surface area contributed by atoms with Crippen molar-refractivity contribution in [2.24, 2.45) is 17.8 Å². The number of likely N-dealkylation sites (tertiary alicyclic amines) is 1. The van der Waals surface area contributed by atoms with Crippen LogP contribution in [-0.2, 0) is 20.9 Å². The van der Waals surface area contributed by atoms with E-state index in [2.05, 4.69) is 16.9 Å². The minimum absolute atomic E-state index is 0.258. The number of carboxylic acid groups (broad SMARTS) is 2. The van der Waals surface area contributed by atoms with Crippen LogP contribution in [0, 0.1) is 17.8 Å². The summed E-state index contributed by atoms with van der Waals surface area (Å²) in [5.74, 6) is -0.970. The number of carbonyl (C=O) groups excluding carboxylic acids is 1. The third-order valence-electron chi connectivity index (χ3n) is 7.20. The summed E-state index contributed by atoms with van der Waals surface area (Å²) in [6, 6.07) is 6.70. The van der Waals surface area contributed by atoms with E-state index in [0.29, 0.717) is 6.42 Å². The summed E-state index contributed by atoms with van der Waals surface area (Å²) < 4.78 is 7.41. The highest BCUT2D eigenvalue weighted by atomic mass is 16.5. The molecule has 5 rings (SSSR count). The number of ether oxygens (including phenoxy) is 1. The Kier molecular flexibility index (Phi) is 7.09. The van der Waals surface area contributed by atoms with Gasteiger partial charge in [0.25, 0.3) is 0 Å². The minimum atomic E-state index is -1.82. The Balaban J connectivity index is 0.000000385. The maximum absolute atomic E-state index is 12.8. The number of fused-ring (bicyclic) bond motifs is 2. The highest BCUT2D eigenvalue weighted by Crippen LogP contribution is 2.54. The number of benzene rings is 1. The van der Waals surface area contributed by atoms with E-state index in [9.17, 15) is 4.79 Å². The number of carboxylic acids is 2. The molecule has 3 fully saturated rings. The van der Waals surface area contributed by atoms with E-state index in [-0.39, 0.29) is 5.78 Å². The third kappa shape index (κ3) is 5.25. The summed E-state index contributed by atoms with van der Waals surface area (Å²) in [6.07, 6.45) is 6.12. The lowest BCUT2D eigenvalue weighted by Crippen LogP contribution is -2.39. The van der Waals surface area contributed by atoms with Gasteiger partial charge in [-0.05, 0) is 50.0 Å². The summed E-state index contributed by atoms with van der Waals surface area (Å²) in [7, 11) is 0. The van der Waals surface area contributed by atoms with Crippen molar-refractivity contribution >= 4 is 28.6 Å². The number of ketones is 1. The molecule has 1 aromatic carbocycles. The summed E-state index contributed by atoms with van der Waals surface area (Å²) >= 11 is 0. The van der Waals surface area contributed by atoms with Crippen LogP contribution in [0.5, 0.6) is 0 Å². The van der Waals surface area contributed by atoms with Crippen LogP contribution in [-0.4, -0.2) is 75.0 Å². The molecule has 3 heterocycles. The number of hydrogen-bond acceptors (Lipinski definition) is 6. The molecule has 0 bridgehead atoms. The lowest BCUT2D eigenvalue weighted by molar-refractivity contribution is -0.159. The molecular formula is C24H31N3O6. The van der Waals surface area contributed by atoms with Gasteiger partial charge in [0.05, 0.1) is 0 Å². The van der Waals surface area contributed by atoms with E-state index in [4.69, 9.17) is 24.5 Å². The Labute approximate surface area is 192 Å². The molecule has 2 aromatic rings. The first-order valence-electron chi connectivity index (χ1n) is 11.7. The Hall–Kier alpha value is -2.78. The number of hydrogen-bond donors (Lipinski definition) is 2. The largest absolute Gasteiger partial charge is 0.473 e. The number of Topliss-reactive ketones (excluding diaryl/α,β-unsaturated/α-hetero) is 1. The highest BCUT2D eigenvalue weighted by molar-refractivity contribution is 6.27. The van der Waals surface area contributed by atoms with Crippen molar-refractivity contribution in [3.63, 3.8) is 0 Å². The lowest BCUT2D eigenvalue weighted by Gasteiger charge is -2.32. The van der Waals surface area contributed by atoms with E-state index in [1.165, 1.54) is 25.9 Å². The topological polar surface area (TPSA) is 122 Å². The first-order valence-corrected chi connectivity index (χ1v) is 11.7. The predicted octanol–water partition coefficient (Wildman–Crippen LogP) is 2.53. The number of nitrogens with zero attached hydrogens (tertiary/aromatic N) is 3. The smallest absolute Gasteiger partial charge is 0.414 e. The van der Waals surface area contributed by atoms with Crippen molar-refractivity contribution in [2.45, 2.75) is 45.2 Å². The minimum Gasteiger partial charge on any atom is -0.473 e. The monoisotopic (exact) mass is 457 g/mol. The van der Waals surface area contributed by atoms with E-state index < -0.39 is 11.9 Å². The molecule has 1 saturated carbocycles. The number of aryl methyl sites for hydroxylation is 1. The van der Waals surface area contributed by atoms with Crippen LogP contribution in [0.3, 0.4) is 0 Å². The predicted molar refractivity (Wildman–Crippen MR) is 120 cm³/mol. The second-order valence-electron chi connectivity index (χ2n) is 9.09. The Morgan fingerprint density at radius 2 is 1.76 bits per heavy atom. The molecule has 2 saturated heterocycles. The summed E-state index contributed by atoms with van der Waals surface area (Å²) in [4.78, 5) is 33.7. The molecule has 0 amide bonds. The quantitative estimate of drug-likeness (QED) is 0.501. The van der Waals surface area contributed by atoms with Gasteiger partial charge in [-0.15, -0.1) is 0 Å². The van der Waals surface area contributed by atoms with Gasteiger partial charge in [-0.25, -0.2) is 9.59 Å². The zero-order valence-corrected chi connectivity index (χ0v) is 18.9. The van der Waals surface area contributed by atoms with Gasteiger partial charge in [0.15, 0.2) is 5.78 Å². The van der Waals surface area contributed by atoms with Crippen molar-refractivity contribution in [1.29, 1.82) is 0 Å². The zero-order valence-electron chi connectivity index (χ0n) is 18.9. The van der Waals surface area contributed by atoms with E-state index in [0.717, 1.165) is 66.4 Å². The third-order valence-corrected chi connectivity index (χ3v) is 7.20. The first-order chi connectivity index (χ1) is 15.9. The molecule has 3 aliphatic rings. The summed E-state index contributed by atoms with van der Waals surface area (Å²) in [6.45, 7) is 7.23. The Morgan fingerprint density at radius 1 is 1.09 bits per heavy atom. The normalized spacial score (nSPS) is 24.7. The fraction of sp³-hybridized carbons (Fsp3) is 0.583. The molecule has 33 heavy (non-hydrogen) atoms. The number of piperidine rings is 1. The molecule has 178 valence electrons. The van der Waals surface area contributed by atoms with Gasteiger partial charge in [-0.1, -0.05) is 12.1 Å². The molecule has 0 spiro atoms. The fourth-order valence-electron chi connectivity index (χ4n) is 5.37. The molecule has 1 aromatic heterocycles. The average molecular weight is 458 g/mol. The van der Waals surface area contributed by atoms with Crippen molar-refractivity contribution in [1.82, 2.24) is 14.7 Å². The average Bonchev–Trinajstić information content (AvgIpc) is 3.16. The van der Waals surface area contributed by atoms with Crippen molar-refractivity contribution in [3.05, 3.63) is 30.0 Å². The van der Waals surface area contributed by atoms with Crippen LogP contribution >= 0.6 is 0 Å². The summed E-state index contributed by atoms with van der Waals surface area (Å²) in [5.41, 5.74) is 1.67.